The van der Waals surface area contributed by atoms with Crippen LogP contribution < -0.4 is 24.8 Å². The molecule has 0 bridgehead atoms. The Balaban J connectivity index is 1.44. The molecule has 0 unspecified atom stereocenters. The van der Waals surface area contributed by atoms with Crippen molar-refractivity contribution in [3.8, 4) is 28.6 Å². The normalized spacial score (nSPS) is 15.8. The molecule has 2 aliphatic rings. The SMILES string of the molecule is COc1ccc(-c2nc3n(n2)[C@@H](c2ccc4c(c2)OCO4)C(C(=O)Nc2cccnc2)=C(C)N3)cc1. The highest BCUT2D eigenvalue weighted by Crippen LogP contribution is 2.41. The van der Waals surface area contributed by atoms with Crippen LogP contribution in [0.15, 0.2) is 78.3 Å². The van der Waals surface area contributed by atoms with Crippen molar-refractivity contribution in [3.05, 3.63) is 83.8 Å². The van der Waals surface area contributed by atoms with Crippen molar-refractivity contribution in [2.24, 2.45) is 0 Å². The molecule has 0 radical (unpaired) electrons. The van der Waals surface area contributed by atoms with E-state index in [0.717, 1.165) is 16.9 Å². The number of aromatic nitrogens is 4. The van der Waals surface area contributed by atoms with Crippen LogP contribution in [0.3, 0.4) is 0 Å². The predicted molar refractivity (Wildman–Crippen MR) is 132 cm³/mol. The van der Waals surface area contributed by atoms with Gasteiger partial charge in [0.25, 0.3) is 5.91 Å². The molecule has 2 aromatic heterocycles. The van der Waals surface area contributed by atoms with Crippen LogP contribution in [0.1, 0.15) is 18.5 Å². The smallest absolute Gasteiger partial charge is 0.255 e. The number of nitrogens with one attached hydrogen (secondary N) is 2. The molecule has 0 aliphatic carbocycles. The second kappa shape index (κ2) is 8.73. The van der Waals surface area contributed by atoms with Crippen molar-refractivity contribution in [1.29, 1.82) is 0 Å². The molecule has 4 heterocycles. The van der Waals surface area contributed by atoms with E-state index in [1.165, 1.54) is 0 Å². The van der Waals surface area contributed by atoms with E-state index in [4.69, 9.17) is 24.3 Å². The number of methoxy groups -OCH3 is 1. The van der Waals surface area contributed by atoms with Gasteiger partial charge in [0, 0.05) is 17.5 Å². The van der Waals surface area contributed by atoms with Gasteiger partial charge in [-0.2, -0.15) is 4.98 Å². The molecule has 2 aromatic carbocycles. The fraction of sp³-hybridized carbons (Fsp3) is 0.154. The van der Waals surface area contributed by atoms with Gasteiger partial charge in [-0.1, -0.05) is 6.07 Å². The predicted octanol–water partition coefficient (Wildman–Crippen LogP) is 4.01. The zero-order chi connectivity index (χ0) is 24.6. The standard InChI is InChI=1S/C26H22N6O4/c1-15-22(25(33)29-18-4-3-11-27-13-18)23(17-7-10-20-21(12-17)36-14-35-20)32-26(28-15)30-24(31-32)16-5-8-19(34-2)9-6-16/h3-13,23H,14H2,1-2H3,(H,29,33)(H,28,30,31)/t23-/m0/s1. The average molecular weight is 483 g/mol. The van der Waals surface area contributed by atoms with E-state index in [1.807, 2.05) is 49.4 Å². The zero-order valence-corrected chi connectivity index (χ0v) is 19.6. The van der Waals surface area contributed by atoms with Gasteiger partial charge >= 0.3 is 0 Å². The third-order valence-electron chi connectivity index (χ3n) is 6.08. The monoisotopic (exact) mass is 482 g/mol. The average Bonchev–Trinajstić information content (AvgIpc) is 3.55. The first-order chi connectivity index (χ1) is 17.6. The van der Waals surface area contributed by atoms with E-state index >= 15 is 0 Å². The lowest BCUT2D eigenvalue weighted by atomic mass is 9.94. The molecule has 6 rings (SSSR count). The summed E-state index contributed by atoms with van der Waals surface area (Å²) in [7, 11) is 1.62. The molecule has 1 atom stereocenters. The summed E-state index contributed by atoms with van der Waals surface area (Å²) in [5.41, 5.74) is 3.39. The molecule has 4 aromatic rings. The fourth-order valence-electron chi connectivity index (χ4n) is 4.33. The molecule has 0 saturated heterocycles. The van der Waals surface area contributed by atoms with E-state index in [2.05, 4.69) is 15.6 Å². The first-order valence-electron chi connectivity index (χ1n) is 11.3. The molecule has 2 aliphatic heterocycles. The van der Waals surface area contributed by atoms with Crippen LogP contribution in [-0.4, -0.2) is 39.6 Å². The summed E-state index contributed by atoms with van der Waals surface area (Å²) >= 11 is 0. The van der Waals surface area contributed by atoms with Crippen LogP contribution in [0, 0.1) is 0 Å². The first kappa shape index (κ1) is 21.7. The Labute approximate surface area is 206 Å². The van der Waals surface area contributed by atoms with E-state index in [9.17, 15) is 4.79 Å². The van der Waals surface area contributed by atoms with Crippen molar-refractivity contribution in [2.75, 3.05) is 24.5 Å². The third-order valence-corrected chi connectivity index (χ3v) is 6.08. The molecule has 36 heavy (non-hydrogen) atoms. The van der Waals surface area contributed by atoms with Gasteiger partial charge < -0.3 is 24.8 Å². The Kier molecular flexibility index (Phi) is 5.25. The number of allylic oxidation sites excluding steroid dienone is 1. The minimum atomic E-state index is -0.563. The minimum Gasteiger partial charge on any atom is -0.497 e. The van der Waals surface area contributed by atoms with E-state index in [1.54, 1.807) is 36.3 Å². The topological polar surface area (TPSA) is 112 Å². The second-order valence-electron chi connectivity index (χ2n) is 8.31. The van der Waals surface area contributed by atoms with Crippen molar-refractivity contribution >= 4 is 17.5 Å². The fourth-order valence-corrected chi connectivity index (χ4v) is 4.33. The number of carbonyl (C=O) groups excluding carboxylic acids is 1. The number of hydrogen-bond acceptors (Lipinski definition) is 8. The Morgan fingerprint density at radius 3 is 2.75 bits per heavy atom. The number of benzene rings is 2. The number of ether oxygens (including phenoxy) is 3. The highest BCUT2D eigenvalue weighted by molar-refractivity contribution is 6.06. The Morgan fingerprint density at radius 2 is 1.97 bits per heavy atom. The van der Waals surface area contributed by atoms with Crippen LogP contribution in [0.25, 0.3) is 11.4 Å². The van der Waals surface area contributed by atoms with Gasteiger partial charge in [0.2, 0.25) is 12.7 Å². The number of carbonyl (C=O) groups is 1. The molecule has 0 saturated carbocycles. The zero-order valence-electron chi connectivity index (χ0n) is 19.6. The number of hydrogen-bond donors (Lipinski definition) is 2. The molecular formula is C26H22N6O4. The molecule has 0 fully saturated rings. The lowest BCUT2D eigenvalue weighted by molar-refractivity contribution is -0.113. The molecule has 10 heteroatoms. The second-order valence-corrected chi connectivity index (χ2v) is 8.31. The highest BCUT2D eigenvalue weighted by atomic mass is 16.7. The van der Waals surface area contributed by atoms with Gasteiger partial charge in [0.05, 0.1) is 24.6 Å². The summed E-state index contributed by atoms with van der Waals surface area (Å²) in [6.45, 7) is 2.01. The Bertz CT molecular complexity index is 1480. The van der Waals surface area contributed by atoms with Crippen LogP contribution in [0.2, 0.25) is 0 Å². The van der Waals surface area contributed by atoms with Crippen molar-refractivity contribution in [1.82, 2.24) is 19.7 Å². The summed E-state index contributed by atoms with van der Waals surface area (Å²) in [4.78, 5) is 22.4. The van der Waals surface area contributed by atoms with Crippen LogP contribution in [0.4, 0.5) is 11.6 Å². The number of amides is 1. The lowest BCUT2D eigenvalue weighted by Gasteiger charge is -2.28. The summed E-state index contributed by atoms with van der Waals surface area (Å²) in [6.07, 6.45) is 3.25. The van der Waals surface area contributed by atoms with Gasteiger partial charge in [0.1, 0.15) is 11.8 Å². The Morgan fingerprint density at radius 1 is 1.14 bits per heavy atom. The van der Waals surface area contributed by atoms with Crippen molar-refractivity contribution in [3.63, 3.8) is 0 Å². The van der Waals surface area contributed by atoms with E-state index in [-0.39, 0.29) is 12.7 Å². The largest absolute Gasteiger partial charge is 0.497 e. The van der Waals surface area contributed by atoms with Gasteiger partial charge in [0.15, 0.2) is 17.3 Å². The van der Waals surface area contributed by atoms with Gasteiger partial charge in [-0.25, -0.2) is 4.68 Å². The summed E-state index contributed by atoms with van der Waals surface area (Å²) < 4.78 is 18.1. The van der Waals surface area contributed by atoms with E-state index in [0.29, 0.717) is 40.2 Å². The number of rotatable bonds is 5. The summed E-state index contributed by atoms with van der Waals surface area (Å²) in [6, 6.07) is 16.1. The van der Waals surface area contributed by atoms with Crippen molar-refractivity contribution in [2.45, 2.75) is 13.0 Å². The van der Waals surface area contributed by atoms with Crippen molar-refractivity contribution < 1.29 is 19.0 Å². The first-order valence-corrected chi connectivity index (χ1v) is 11.3. The van der Waals surface area contributed by atoms with Crippen LogP contribution in [-0.2, 0) is 4.79 Å². The number of anilines is 2. The quantitative estimate of drug-likeness (QED) is 0.439. The maximum Gasteiger partial charge on any atom is 0.255 e. The van der Waals surface area contributed by atoms with Gasteiger partial charge in [-0.3, -0.25) is 9.78 Å². The van der Waals surface area contributed by atoms with Gasteiger partial charge in [-0.15, -0.1) is 5.10 Å². The Hall–Kier alpha value is -4.86. The lowest BCUT2D eigenvalue weighted by Crippen LogP contribution is -2.31. The molecule has 180 valence electrons. The molecule has 1 amide bonds. The molecule has 10 nitrogen and oxygen atoms in total. The summed E-state index contributed by atoms with van der Waals surface area (Å²) in [5, 5.41) is 11.0. The van der Waals surface area contributed by atoms with Gasteiger partial charge in [-0.05, 0) is 61.0 Å². The van der Waals surface area contributed by atoms with Crippen LogP contribution >= 0.6 is 0 Å². The number of fused-ring (bicyclic) bond motifs is 2. The third kappa shape index (κ3) is 3.78. The molecule has 2 N–H and O–H groups in total. The van der Waals surface area contributed by atoms with Crippen LogP contribution in [0.5, 0.6) is 17.2 Å². The molecule has 0 spiro atoms. The van der Waals surface area contributed by atoms with E-state index < -0.39 is 6.04 Å². The maximum absolute atomic E-state index is 13.6. The maximum atomic E-state index is 13.6. The number of nitrogens with zero attached hydrogens (tertiary/aromatic N) is 4. The summed E-state index contributed by atoms with van der Waals surface area (Å²) in [5.74, 6) is 2.79. The minimum absolute atomic E-state index is 0.157. The molecular weight excluding hydrogens is 460 g/mol. The number of pyridine rings is 1. The highest BCUT2D eigenvalue weighted by Gasteiger charge is 2.35.